The second kappa shape index (κ2) is 4.42. The van der Waals surface area contributed by atoms with Gasteiger partial charge in [0.05, 0.1) is 0 Å². The maximum absolute atomic E-state index is 6.03. The summed E-state index contributed by atoms with van der Waals surface area (Å²) in [5.74, 6) is 0. The monoisotopic (exact) mass is 213 g/mol. The van der Waals surface area contributed by atoms with Crippen LogP contribution in [-0.2, 0) is 4.74 Å². The summed E-state index contributed by atoms with van der Waals surface area (Å²) in [5, 5.41) is 0. The van der Waals surface area contributed by atoms with Gasteiger partial charge in [-0.25, -0.2) is 0 Å². The maximum Gasteiger partial charge on any atom is 0.115 e. The molecule has 0 aliphatic carbocycles. The van der Waals surface area contributed by atoms with Crippen LogP contribution in [-0.4, -0.2) is 29.8 Å². The van der Waals surface area contributed by atoms with Crippen LogP contribution in [0.2, 0.25) is 0 Å². The molecule has 1 aliphatic rings. The van der Waals surface area contributed by atoms with Crippen molar-refractivity contribution in [1.82, 2.24) is 4.90 Å². The van der Waals surface area contributed by atoms with Gasteiger partial charge in [0.25, 0.3) is 0 Å². The van der Waals surface area contributed by atoms with E-state index in [1.54, 1.807) is 0 Å². The van der Waals surface area contributed by atoms with E-state index >= 15 is 0 Å². The first-order chi connectivity index (χ1) is 6.73. The Bertz CT molecular complexity index is 178. The summed E-state index contributed by atoms with van der Waals surface area (Å²) in [4.78, 5) is 2.51. The smallest absolute Gasteiger partial charge is 0.115 e. The fourth-order valence-corrected chi connectivity index (χ4v) is 2.19. The summed E-state index contributed by atoms with van der Waals surface area (Å²) in [6.45, 7) is 15.7. The van der Waals surface area contributed by atoms with Crippen LogP contribution in [0.25, 0.3) is 0 Å². The van der Waals surface area contributed by atoms with E-state index in [2.05, 4.69) is 46.4 Å². The molecule has 1 atom stereocenters. The van der Waals surface area contributed by atoms with Crippen molar-refractivity contribution in [2.75, 3.05) is 13.2 Å². The minimum atomic E-state index is 0.192. The molecule has 2 nitrogen and oxygen atoms in total. The Hall–Kier alpha value is -0.0800. The molecule has 0 saturated carbocycles. The van der Waals surface area contributed by atoms with E-state index in [1.807, 2.05) is 0 Å². The molecule has 0 radical (unpaired) electrons. The van der Waals surface area contributed by atoms with Crippen molar-refractivity contribution in [3.8, 4) is 0 Å². The van der Waals surface area contributed by atoms with Crippen LogP contribution in [0.3, 0.4) is 0 Å². The Balaban J connectivity index is 2.86. The van der Waals surface area contributed by atoms with Gasteiger partial charge in [-0.1, -0.05) is 20.8 Å². The second-order valence-electron chi connectivity index (χ2n) is 6.66. The summed E-state index contributed by atoms with van der Waals surface area (Å²) >= 11 is 0. The van der Waals surface area contributed by atoms with Crippen molar-refractivity contribution < 1.29 is 4.74 Å². The molecule has 1 rings (SSSR count). The highest BCUT2D eigenvalue weighted by atomic mass is 16.5. The normalized spacial score (nSPS) is 26.4. The van der Waals surface area contributed by atoms with Crippen molar-refractivity contribution in [3.05, 3.63) is 0 Å². The largest absolute Gasteiger partial charge is 0.363 e. The van der Waals surface area contributed by atoms with E-state index in [0.29, 0.717) is 0 Å². The van der Waals surface area contributed by atoms with Gasteiger partial charge < -0.3 is 4.74 Å². The molecule has 0 aromatic carbocycles. The van der Waals surface area contributed by atoms with Crippen molar-refractivity contribution in [2.45, 2.75) is 66.2 Å². The molecule has 0 bridgehead atoms. The Morgan fingerprint density at radius 1 is 1.00 bits per heavy atom. The molecule has 1 fully saturated rings. The van der Waals surface area contributed by atoms with E-state index in [1.165, 1.54) is 12.8 Å². The first kappa shape index (κ1) is 13.0. The van der Waals surface area contributed by atoms with Gasteiger partial charge in [-0.05, 0) is 33.6 Å². The van der Waals surface area contributed by atoms with Crippen LogP contribution in [0, 0.1) is 5.41 Å². The number of hydrogen-bond acceptors (Lipinski definition) is 2. The first-order valence-corrected chi connectivity index (χ1v) is 6.11. The third-order valence-electron chi connectivity index (χ3n) is 2.95. The third kappa shape index (κ3) is 3.46. The summed E-state index contributed by atoms with van der Waals surface area (Å²) in [7, 11) is 0. The van der Waals surface area contributed by atoms with E-state index in [4.69, 9.17) is 4.74 Å². The quantitative estimate of drug-likeness (QED) is 0.612. The molecule has 15 heavy (non-hydrogen) atoms. The van der Waals surface area contributed by atoms with Crippen LogP contribution in [0.15, 0.2) is 0 Å². The lowest BCUT2D eigenvalue weighted by atomic mass is 9.90. The standard InChI is InChI=1S/C13H27NO/c1-12(2,3)11-14(13(4,5)6)9-7-8-10-15-11/h11H,7-10H2,1-6H3. The second-order valence-corrected chi connectivity index (χ2v) is 6.66. The van der Waals surface area contributed by atoms with Crippen LogP contribution in [0.5, 0.6) is 0 Å². The predicted octanol–water partition coefficient (Wildman–Crippen LogP) is 3.27. The van der Waals surface area contributed by atoms with E-state index in [9.17, 15) is 0 Å². The van der Waals surface area contributed by atoms with E-state index in [-0.39, 0.29) is 17.2 Å². The third-order valence-corrected chi connectivity index (χ3v) is 2.95. The molecule has 1 aliphatic heterocycles. The van der Waals surface area contributed by atoms with Gasteiger partial charge in [0, 0.05) is 24.1 Å². The molecule has 1 saturated heterocycles. The first-order valence-electron chi connectivity index (χ1n) is 6.11. The van der Waals surface area contributed by atoms with E-state index < -0.39 is 0 Å². The maximum atomic E-state index is 6.03. The van der Waals surface area contributed by atoms with Gasteiger partial charge in [-0.15, -0.1) is 0 Å². The fraction of sp³-hybridized carbons (Fsp3) is 1.00. The Kier molecular flexibility index (Phi) is 3.83. The lowest BCUT2D eigenvalue weighted by molar-refractivity contribution is -0.137. The molecule has 90 valence electrons. The molecular formula is C13H27NO. The SMILES string of the molecule is CC(C)(C)C1OCCCCN1C(C)(C)C. The van der Waals surface area contributed by atoms with Gasteiger partial charge in [-0.3, -0.25) is 4.90 Å². The van der Waals surface area contributed by atoms with Crippen molar-refractivity contribution in [3.63, 3.8) is 0 Å². The number of rotatable bonds is 0. The number of hydrogen-bond donors (Lipinski definition) is 0. The number of nitrogens with zero attached hydrogens (tertiary/aromatic N) is 1. The number of ether oxygens (including phenoxy) is 1. The predicted molar refractivity (Wildman–Crippen MR) is 64.9 cm³/mol. The highest BCUT2D eigenvalue weighted by Crippen LogP contribution is 2.32. The van der Waals surface area contributed by atoms with Gasteiger partial charge in [0.15, 0.2) is 0 Å². The summed E-state index contributed by atoms with van der Waals surface area (Å²) in [6.07, 6.45) is 2.70. The van der Waals surface area contributed by atoms with Crippen LogP contribution in [0.1, 0.15) is 54.4 Å². The molecule has 0 N–H and O–H groups in total. The zero-order valence-corrected chi connectivity index (χ0v) is 11.3. The van der Waals surface area contributed by atoms with Gasteiger partial charge in [0.2, 0.25) is 0 Å². The summed E-state index contributed by atoms with van der Waals surface area (Å²) in [6, 6.07) is 0. The summed E-state index contributed by atoms with van der Waals surface area (Å²) < 4.78 is 6.03. The highest BCUT2D eigenvalue weighted by molar-refractivity contribution is 4.86. The van der Waals surface area contributed by atoms with Crippen LogP contribution in [0.4, 0.5) is 0 Å². The van der Waals surface area contributed by atoms with Gasteiger partial charge in [0.1, 0.15) is 6.23 Å². The minimum Gasteiger partial charge on any atom is -0.363 e. The Morgan fingerprint density at radius 3 is 2.07 bits per heavy atom. The molecule has 0 aromatic rings. The zero-order valence-electron chi connectivity index (χ0n) is 11.3. The molecule has 0 amide bonds. The van der Waals surface area contributed by atoms with Crippen molar-refractivity contribution >= 4 is 0 Å². The van der Waals surface area contributed by atoms with Crippen molar-refractivity contribution in [2.24, 2.45) is 5.41 Å². The molecule has 1 heterocycles. The molecular weight excluding hydrogens is 186 g/mol. The zero-order chi connectivity index (χ0) is 11.7. The molecule has 0 spiro atoms. The topological polar surface area (TPSA) is 12.5 Å². The highest BCUT2D eigenvalue weighted by Gasteiger charge is 2.37. The average Bonchev–Trinajstić information content (AvgIpc) is 2.24. The van der Waals surface area contributed by atoms with Gasteiger partial charge >= 0.3 is 0 Å². The minimum absolute atomic E-state index is 0.192. The fourth-order valence-electron chi connectivity index (χ4n) is 2.19. The molecule has 0 aromatic heterocycles. The van der Waals surface area contributed by atoms with E-state index in [0.717, 1.165) is 13.2 Å². The van der Waals surface area contributed by atoms with Crippen LogP contribution >= 0.6 is 0 Å². The Morgan fingerprint density at radius 2 is 1.60 bits per heavy atom. The van der Waals surface area contributed by atoms with Crippen LogP contribution < -0.4 is 0 Å². The summed E-state index contributed by atoms with van der Waals surface area (Å²) in [5.41, 5.74) is 0.389. The van der Waals surface area contributed by atoms with Crippen molar-refractivity contribution in [1.29, 1.82) is 0 Å². The molecule has 2 heteroatoms. The lowest BCUT2D eigenvalue weighted by Crippen LogP contribution is -2.53. The average molecular weight is 213 g/mol. The molecule has 1 unspecified atom stereocenters. The Labute approximate surface area is 95.0 Å². The lowest BCUT2D eigenvalue weighted by Gasteiger charge is -2.45. The van der Waals surface area contributed by atoms with Gasteiger partial charge in [-0.2, -0.15) is 0 Å².